The molecular weight excluding hydrogens is 413 g/mol. The van der Waals surface area contributed by atoms with Crippen molar-refractivity contribution in [3.8, 4) is 0 Å². The zero-order chi connectivity index (χ0) is 17.2. The summed E-state index contributed by atoms with van der Waals surface area (Å²) in [5.74, 6) is -1.74. The van der Waals surface area contributed by atoms with Crippen LogP contribution >= 0.6 is 27.5 Å². The summed E-state index contributed by atoms with van der Waals surface area (Å²) in [4.78, 5) is 11.4. The SMILES string of the molecule is COC(=O)c1cc(Br)ccc1S(=O)(=O)Nc1cccc(Cl)c1F. The lowest BCUT2D eigenvalue weighted by atomic mass is 10.2. The molecule has 0 fully saturated rings. The third-order valence-corrected chi connectivity index (χ3v) is 5.04. The predicted molar refractivity (Wildman–Crippen MR) is 87.7 cm³/mol. The number of nitrogens with one attached hydrogen (secondary N) is 1. The first kappa shape index (κ1) is 17.7. The highest BCUT2D eigenvalue weighted by molar-refractivity contribution is 9.10. The first-order valence-corrected chi connectivity index (χ1v) is 8.76. The Morgan fingerprint density at radius 1 is 1.30 bits per heavy atom. The maximum absolute atomic E-state index is 13.9. The Bertz CT molecular complexity index is 873. The normalized spacial score (nSPS) is 11.1. The molecule has 2 aromatic rings. The number of sulfonamides is 1. The fourth-order valence-electron chi connectivity index (χ4n) is 1.79. The summed E-state index contributed by atoms with van der Waals surface area (Å²) < 4.78 is 46.0. The Hall–Kier alpha value is -1.64. The van der Waals surface area contributed by atoms with Crippen LogP contribution in [0.1, 0.15) is 10.4 Å². The van der Waals surface area contributed by atoms with E-state index >= 15 is 0 Å². The lowest BCUT2D eigenvalue weighted by Crippen LogP contribution is -2.18. The molecule has 1 N–H and O–H groups in total. The molecule has 0 unspecified atom stereocenters. The van der Waals surface area contributed by atoms with E-state index in [1.807, 2.05) is 0 Å². The number of hydrogen-bond acceptors (Lipinski definition) is 4. The Kier molecular flexibility index (Phi) is 5.28. The minimum absolute atomic E-state index is 0.184. The van der Waals surface area contributed by atoms with E-state index in [0.29, 0.717) is 4.47 Å². The molecule has 0 bridgehead atoms. The number of methoxy groups -OCH3 is 1. The summed E-state index contributed by atoms with van der Waals surface area (Å²) in [5.41, 5.74) is -0.506. The van der Waals surface area contributed by atoms with Gasteiger partial charge in [0, 0.05) is 4.47 Å². The molecule has 122 valence electrons. The van der Waals surface area contributed by atoms with E-state index in [1.54, 1.807) is 0 Å². The van der Waals surface area contributed by atoms with E-state index in [-0.39, 0.29) is 21.2 Å². The van der Waals surface area contributed by atoms with Crippen molar-refractivity contribution >= 4 is 49.2 Å². The largest absolute Gasteiger partial charge is 0.465 e. The quantitative estimate of drug-likeness (QED) is 0.760. The number of carbonyl (C=O) groups is 1. The number of esters is 1. The van der Waals surface area contributed by atoms with Crippen LogP contribution in [-0.2, 0) is 14.8 Å². The molecule has 0 amide bonds. The molecule has 0 radical (unpaired) electrons. The van der Waals surface area contributed by atoms with Crippen LogP contribution in [0.25, 0.3) is 0 Å². The van der Waals surface area contributed by atoms with Crippen molar-refractivity contribution in [2.24, 2.45) is 0 Å². The minimum Gasteiger partial charge on any atom is -0.465 e. The Balaban J connectivity index is 2.52. The van der Waals surface area contributed by atoms with Crippen LogP contribution in [0.5, 0.6) is 0 Å². The third-order valence-electron chi connectivity index (χ3n) is 2.83. The van der Waals surface area contributed by atoms with Crippen molar-refractivity contribution in [3.63, 3.8) is 0 Å². The van der Waals surface area contributed by atoms with Gasteiger partial charge in [0.1, 0.15) is 4.90 Å². The molecule has 0 aliphatic heterocycles. The van der Waals surface area contributed by atoms with Gasteiger partial charge in [-0.05, 0) is 30.3 Å². The zero-order valence-corrected chi connectivity index (χ0v) is 14.8. The molecule has 2 aromatic carbocycles. The summed E-state index contributed by atoms with van der Waals surface area (Å²) >= 11 is 8.77. The molecule has 0 aliphatic carbocycles. The van der Waals surface area contributed by atoms with Crippen LogP contribution in [-0.4, -0.2) is 21.5 Å². The highest BCUT2D eigenvalue weighted by Crippen LogP contribution is 2.27. The maximum atomic E-state index is 13.9. The number of benzene rings is 2. The van der Waals surface area contributed by atoms with Gasteiger partial charge in [0.25, 0.3) is 10.0 Å². The lowest BCUT2D eigenvalue weighted by molar-refractivity contribution is 0.0596. The number of rotatable bonds is 4. The zero-order valence-electron chi connectivity index (χ0n) is 11.6. The van der Waals surface area contributed by atoms with E-state index in [4.69, 9.17) is 11.6 Å². The second-order valence-electron chi connectivity index (χ2n) is 4.34. The summed E-state index contributed by atoms with van der Waals surface area (Å²) in [6, 6.07) is 7.85. The predicted octanol–water partition coefficient (Wildman–Crippen LogP) is 3.83. The molecule has 0 heterocycles. The van der Waals surface area contributed by atoms with Crippen LogP contribution in [0.3, 0.4) is 0 Å². The van der Waals surface area contributed by atoms with Crippen molar-refractivity contribution in [1.82, 2.24) is 0 Å². The number of halogens is 3. The Labute approximate surface area is 145 Å². The van der Waals surface area contributed by atoms with Gasteiger partial charge < -0.3 is 4.74 Å². The van der Waals surface area contributed by atoms with Gasteiger partial charge in [-0.1, -0.05) is 33.6 Å². The van der Waals surface area contributed by atoms with Gasteiger partial charge in [0.2, 0.25) is 0 Å². The van der Waals surface area contributed by atoms with Crippen molar-refractivity contribution in [2.45, 2.75) is 4.90 Å². The van der Waals surface area contributed by atoms with Crippen LogP contribution in [0.2, 0.25) is 5.02 Å². The number of carbonyl (C=O) groups excluding carboxylic acids is 1. The second kappa shape index (κ2) is 6.86. The molecule has 0 aliphatic rings. The van der Waals surface area contributed by atoms with Gasteiger partial charge in [-0.15, -0.1) is 0 Å². The highest BCUT2D eigenvalue weighted by Gasteiger charge is 2.24. The average molecular weight is 423 g/mol. The topological polar surface area (TPSA) is 72.5 Å². The van der Waals surface area contributed by atoms with Gasteiger partial charge in [-0.25, -0.2) is 17.6 Å². The van der Waals surface area contributed by atoms with Crippen molar-refractivity contribution in [2.75, 3.05) is 11.8 Å². The van der Waals surface area contributed by atoms with Gasteiger partial charge >= 0.3 is 5.97 Å². The lowest BCUT2D eigenvalue weighted by Gasteiger charge is -2.12. The Morgan fingerprint density at radius 3 is 2.65 bits per heavy atom. The van der Waals surface area contributed by atoms with Crippen LogP contribution in [0.15, 0.2) is 45.8 Å². The van der Waals surface area contributed by atoms with E-state index in [1.165, 1.54) is 36.4 Å². The minimum atomic E-state index is -4.23. The maximum Gasteiger partial charge on any atom is 0.339 e. The molecule has 5 nitrogen and oxygen atoms in total. The number of anilines is 1. The highest BCUT2D eigenvalue weighted by atomic mass is 79.9. The fraction of sp³-hybridized carbons (Fsp3) is 0.0714. The summed E-state index contributed by atoms with van der Waals surface area (Å²) in [6.45, 7) is 0. The van der Waals surface area contributed by atoms with Crippen molar-refractivity contribution in [1.29, 1.82) is 0 Å². The molecule has 0 saturated heterocycles. The smallest absolute Gasteiger partial charge is 0.339 e. The van der Waals surface area contributed by atoms with Crippen molar-refractivity contribution in [3.05, 3.63) is 57.3 Å². The van der Waals surface area contributed by atoms with Crippen LogP contribution in [0.4, 0.5) is 10.1 Å². The molecule has 2 rings (SSSR count). The standard InChI is InChI=1S/C14H10BrClFNO4S/c1-22-14(19)9-7-8(15)5-6-12(9)23(20,21)18-11-4-2-3-10(16)13(11)17/h2-7,18H,1H3. The van der Waals surface area contributed by atoms with E-state index in [9.17, 15) is 17.6 Å². The molecular formula is C14H10BrClFNO4S. The second-order valence-corrected chi connectivity index (χ2v) is 7.31. The van der Waals surface area contributed by atoms with Gasteiger partial charge in [0.15, 0.2) is 5.82 Å². The summed E-state index contributed by atoms with van der Waals surface area (Å²) in [6.07, 6.45) is 0. The first-order valence-electron chi connectivity index (χ1n) is 6.11. The average Bonchev–Trinajstić information content (AvgIpc) is 2.50. The molecule has 23 heavy (non-hydrogen) atoms. The van der Waals surface area contributed by atoms with Gasteiger partial charge in [-0.2, -0.15) is 0 Å². The summed E-state index contributed by atoms with van der Waals surface area (Å²) in [7, 11) is -3.10. The van der Waals surface area contributed by atoms with Gasteiger partial charge in [-0.3, -0.25) is 4.72 Å². The van der Waals surface area contributed by atoms with Crippen molar-refractivity contribution < 1.29 is 22.3 Å². The molecule has 0 atom stereocenters. The van der Waals surface area contributed by atoms with Crippen LogP contribution in [0, 0.1) is 5.82 Å². The number of hydrogen-bond donors (Lipinski definition) is 1. The summed E-state index contributed by atoms with van der Waals surface area (Å²) in [5, 5.41) is -0.228. The molecule has 0 spiro atoms. The van der Waals surface area contributed by atoms with E-state index < -0.39 is 21.8 Å². The van der Waals surface area contributed by atoms with Crippen LogP contribution < -0.4 is 4.72 Å². The fourth-order valence-corrected chi connectivity index (χ4v) is 3.56. The third kappa shape index (κ3) is 3.82. The Morgan fingerprint density at radius 2 is 2.00 bits per heavy atom. The monoisotopic (exact) mass is 421 g/mol. The number of ether oxygens (including phenoxy) is 1. The molecule has 0 saturated carbocycles. The van der Waals surface area contributed by atoms with E-state index in [2.05, 4.69) is 25.4 Å². The van der Waals surface area contributed by atoms with E-state index in [0.717, 1.165) is 7.11 Å². The van der Waals surface area contributed by atoms with Gasteiger partial charge in [0.05, 0.1) is 23.4 Å². The molecule has 0 aromatic heterocycles. The first-order chi connectivity index (χ1) is 10.8. The molecule has 9 heteroatoms.